The van der Waals surface area contributed by atoms with Crippen molar-refractivity contribution in [1.29, 1.82) is 0 Å². The Morgan fingerprint density at radius 3 is 2.88 bits per heavy atom. The molecule has 6 heteroatoms. The van der Waals surface area contributed by atoms with Crippen LogP contribution >= 0.6 is 15.9 Å². The molecule has 0 aliphatic heterocycles. The molecule has 0 fully saturated rings. The van der Waals surface area contributed by atoms with Crippen molar-refractivity contribution in [2.24, 2.45) is 0 Å². The first-order valence-electron chi connectivity index (χ1n) is 4.51. The van der Waals surface area contributed by atoms with Crippen LogP contribution in [0.15, 0.2) is 22.7 Å². The van der Waals surface area contributed by atoms with Gasteiger partial charge in [0.15, 0.2) is 0 Å². The molecule has 1 aromatic carbocycles. The van der Waals surface area contributed by atoms with Gasteiger partial charge in [0.25, 0.3) is 5.91 Å². The molecule has 0 aromatic heterocycles. The SMILES string of the molecule is COCCONC(=O)c1ccc(F)c(Br)c1. The summed E-state index contributed by atoms with van der Waals surface area (Å²) in [5.41, 5.74) is 2.53. The quantitative estimate of drug-likeness (QED) is 0.666. The number of carbonyl (C=O) groups excluding carboxylic acids is 1. The molecule has 0 saturated heterocycles. The third kappa shape index (κ3) is 3.88. The van der Waals surface area contributed by atoms with E-state index in [2.05, 4.69) is 21.4 Å². The number of nitrogens with one attached hydrogen (secondary N) is 1. The lowest BCUT2D eigenvalue weighted by molar-refractivity contribution is 0.00888. The maximum atomic E-state index is 12.9. The highest BCUT2D eigenvalue weighted by molar-refractivity contribution is 9.10. The second-order valence-corrected chi connectivity index (χ2v) is 3.76. The zero-order valence-electron chi connectivity index (χ0n) is 8.63. The zero-order chi connectivity index (χ0) is 12.0. The summed E-state index contributed by atoms with van der Waals surface area (Å²) in [6.45, 7) is 0.637. The van der Waals surface area contributed by atoms with Gasteiger partial charge in [0.1, 0.15) is 5.82 Å². The number of hydrogen-bond acceptors (Lipinski definition) is 3. The molecular weight excluding hydrogens is 281 g/mol. The summed E-state index contributed by atoms with van der Waals surface area (Å²) in [6.07, 6.45) is 0. The van der Waals surface area contributed by atoms with E-state index >= 15 is 0 Å². The number of hydroxylamine groups is 1. The molecule has 1 aromatic rings. The fourth-order valence-electron chi connectivity index (χ4n) is 0.938. The van der Waals surface area contributed by atoms with E-state index in [1.54, 1.807) is 0 Å². The van der Waals surface area contributed by atoms with Gasteiger partial charge in [-0.15, -0.1) is 0 Å². The van der Waals surface area contributed by atoms with Crippen LogP contribution in [0.3, 0.4) is 0 Å². The van der Waals surface area contributed by atoms with Crippen LogP contribution in [0.1, 0.15) is 10.4 Å². The van der Waals surface area contributed by atoms with Crippen LogP contribution in [0.5, 0.6) is 0 Å². The highest BCUT2D eigenvalue weighted by Crippen LogP contribution is 2.16. The Morgan fingerprint density at radius 2 is 2.25 bits per heavy atom. The van der Waals surface area contributed by atoms with Crippen molar-refractivity contribution in [3.63, 3.8) is 0 Å². The Balaban J connectivity index is 2.50. The van der Waals surface area contributed by atoms with E-state index in [4.69, 9.17) is 9.57 Å². The second kappa shape index (κ2) is 6.57. The van der Waals surface area contributed by atoms with Crippen molar-refractivity contribution >= 4 is 21.8 Å². The molecule has 0 heterocycles. The van der Waals surface area contributed by atoms with Gasteiger partial charge in [-0.1, -0.05) is 0 Å². The Hall–Kier alpha value is -0.980. The molecule has 1 N–H and O–H groups in total. The topological polar surface area (TPSA) is 47.6 Å². The number of hydrogen-bond donors (Lipinski definition) is 1. The zero-order valence-corrected chi connectivity index (χ0v) is 10.2. The van der Waals surface area contributed by atoms with Crippen LogP contribution in [0.4, 0.5) is 4.39 Å². The molecule has 0 radical (unpaired) electrons. The van der Waals surface area contributed by atoms with Crippen LogP contribution in [0.25, 0.3) is 0 Å². The van der Waals surface area contributed by atoms with Crippen LogP contribution < -0.4 is 5.48 Å². The van der Waals surface area contributed by atoms with E-state index in [9.17, 15) is 9.18 Å². The first kappa shape index (κ1) is 13.1. The number of halogens is 2. The summed E-state index contributed by atoms with van der Waals surface area (Å²) in [4.78, 5) is 16.3. The fourth-order valence-corrected chi connectivity index (χ4v) is 1.32. The number of benzene rings is 1. The average Bonchev–Trinajstić information content (AvgIpc) is 2.28. The molecule has 1 rings (SSSR count). The van der Waals surface area contributed by atoms with Gasteiger partial charge in [-0.3, -0.25) is 9.63 Å². The minimum atomic E-state index is -0.434. The van der Waals surface area contributed by atoms with Gasteiger partial charge in [0, 0.05) is 12.7 Å². The number of carbonyl (C=O) groups is 1. The number of rotatable bonds is 5. The van der Waals surface area contributed by atoms with Crippen molar-refractivity contribution in [2.45, 2.75) is 0 Å². The summed E-state index contributed by atoms with van der Waals surface area (Å²) in [5.74, 6) is -0.853. The van der Waals surface area contributed by atoms with Gasteiger partial charge in [0.2, 0.25) is 0 Å². The summed E-state index contributed by atoms with van der Waals surface area (Å²) in [7, 11) is 1.53. The Morgan fingerprint density at radius 1 is 1.50 bits per heavy atom. The van der Waals surface area contributed by atoms with Crippen molar-refractivity contribution < 1.29 is 18.8 Å². The van der Waals surface area contributed by atoms with Crippen LogP contribution in [0, 0.1) is 5.82 Å². The Bertz CT molecular complexity index is 373. The molecule has 0 atom stereocenters. The monoisotopic (exact) mass is 291 g/mol. The first-order valence-corrected chi connectivity index (χ1v) is 5.30. The van der Waals surface area contributed by atoms with E-state index in [0.29, 0.717) is 12.2 Å². The molecule has 0 unspecified atom stereocenters. The summed E-state index contributed by atoms with van der Waals surface area (Å²) in [5, 5.41) is 0. The van der Waals surface area contributed by atoms with Gasteiger partial charge >= 0.3 is 0 Å². The van der Waals surface area contributed by atoms with E-state index < -0.39 is 11.7 Å². The molecule has 88 valence electrons. The molecule has 1 amide bonds. The highest BCUT2D eigenvalue weighted by atomic mass is 79.9. The summed E-state index contributed by atoms with van der Waals surface area (Å²) in [6, 6.07) is 3.95. The third-order valence-electron chi connectivity index (χ3n) is 1.74. The van der Waals surface area contributed by atoms with Crippen molar-refractivity contribution in [1.82, 2.24) is 5.48 Å². The van der Waals surface area contributed by atoms with Crippen LogP contribution in [-0.2, 0) is 9.57 Å². The Labute approximate surface area is 101 Å². The van der Waals surface area contributed by atoms with Gasteiger partial charge in [-0.05, 0) is 34.1 Å². The summed E-state index contributed by atoms with van der Waals surface area (Å²) < 4.78 is 17.9. The fraction of sp³-hybridized carbons (Fsp3) is 0.300. The first-order chi connectivity index (χ1) is 7.65. The maximum absolute atomic E-state index is 12.9. The molecule has 0 bridgehead atoms. The normalized spacial score (nSPS) is 10.2. The van der Waals surface area contributed by atoms with E-state index in [1.807, 2.05) is 0 Å². The van der Waals surface area contributed by atoms with Gasteiger partial charge < -0.3 is 4.74 Å². The van der Waals surface area contributed by atoms with Crippen LogP contribution in [0.2, 0.25) is 0 Å². The van der Waals surface area contributed by atoms with E-state index in [0.717, 1.165) is 0 Å². The van der Waals surface area contributed by atoms with Gasteiger partial charge in [-0.25, -0.2) is 9.87 Å². The van der Waals surface area contributed by atoms with Crippen molar-refractivity contribution in [3.05, 3.63) is 34.1 Å². The number of amides is 1. The lowest BCUT2D eigenvalue weighted by atomic mass is 10.2. The van der Waals surface area contributed by atoms with Crippen molar-refractivity contribution in [2.75, 3.05) is 20.3 Å². The lowest BCUT2D eigenvalue weighted by Gasteiger charge is -2.05. The maximum Gasteiger partial charge on any atom is 0.274 e. The number of ether oxygens (including phenoxy) is 1. The Kier molecular flexibility index (Phi) is 5.37. The smallest absolute Gasteiger partial charge is 0.274 e. The molecule has 16 heavy (non-hydrogen) atoms. The molecule has 4 nitrogen and oxygen atoms in total. The average molecular weight is 292 g/mol. The molecule has 0 saturated carbocycles. The number of methoxy groups -OCH3 is 1. The molecule has 0 aliphatic rings. The van der Waals surface area contributed by atoms with Gasteiger partial charge in [0.05, 0.1) is 17.7 Å². The molecular formula is C10H11BrFNO3. The predicted octanol–water partition coefficient (Wildman–Crippen LogP) is 1.90. The van der Waals surface area contributed by atoms with E-state index in [1.165, 1.54) is 25.3 Å². The minimum absolute atomic E-state index is 0.233. The molecule has 0 aliphatic carbocycles. The largest absolute Gasteiger partial charge is 0.382 e. The standard InChI is InChI=1S/C10H11BrFNO3/c1-15-4-5-16-13-10(14)7-2-3-9(12)8(11)6-7/h2-3,6H,4-5H2,1H3,(H,13,14). The third-order valence-corrected chi connectivity index (χ3v) is 2.34. The molecule has 0 spiro atoms. The minimum Gasteiger partial charge on any atom is -0.382 e. The summed E-state index contributed by atoms with van der Waals surface area (Å²) >= 11 is 2.99. The predicted molar refractivity (Wildman–Crippen MR) is 59.4 cm³/mol. The van der Waals surface area contributed by atoms with Crippen LogP contribution in [-0.4, -0.2) is 26.2 Å². The lowest BCUT2D eigenvalue weighted by Crippen LogP contribution is -2.25. The van der Waals surface area contributed by atoms with E-state index in [-0.39, 0.29) is 11.1 Å². The second-order valence-electron chi connectivity index (χ2n) is 2.90. The highest BCUT2D eigenvalue weighted by Gasteiger charge is 2.08. The van der Waals surface area contributed by atoms with Gasteiger partial charge in [-0.2, -0.15) is 0 Å². The van der Waals surface area contributed by atoms with Crippen molar-refractivity contribution in [3.8, 4) is 0 Å².